The van der Waals surface area contributed by atoms with Crippen molar-refractivity contribution in [2.45, 2.75) is 25.4 Å². The van der Waals surface area contributed by atoms with E-state index < -0.39 is 5.50 Å². The molecule has 0 radical (unpaired) electrons. The fourth-order valence-electron chi connectivity index (χ4n) is 0.690. The summed E-state index contributed by atoms with van der Waals surface area (Å²) in [5.41, 5.74) is 10.4. The molecule has 0 fully saturated rings. The third-order valence-corrected chi connectivity index (χ3v) is 1.56. The first-order valence-corrected chi connectivity index (χ1v) is 3.90. The zero-order valence-electron chi connectivity index (χ0n) is 6.11. The Balaban J connectivity index is 4.12. The molecule has 4 N–H and O–H groups in total. The van der Waals surface area contributed by atoms with Crippen LogP contribution in [0.1, 0.15) is 13.8 Å². The lowest BCUT2D eigenvalue weighted by molar-refractivity contribution is 0.339. The molecule has 0 spiro atoms. The van der Waals surface area contributed by atoms with Gasteiger partial charge in [0.15, 0.2) is 5.11 Å². The van der Waals surface area contributed by atoms with Crippen molar-refractivity contribution in [1.29, 1.82) is 0 Å². The van der Waals surface area contributed by atoms with Gasteiger partial charge in [-0.1, -0.05) is 0 Å². The van der Waals surface area contributed by atoms with Crippen molar-refractivity contribution >= 4 is 30.0 Å². The Morgan fingerprint density at radius 1 is 1.60 bits per heavy atom. The molecule has 0 aliphatic rings. The predicted molar refractivity (Wildman–Crippen MR) is 50.7 cm³/mol. The molecule has 0 rings (SSSR count). The molecule has 0 aliphatic heterocycles. The fourth-order valence-corrected chi connectivity index (χ4v) is 1.48. The highest BCUT2D eigenvalue weighted by atomic mass is 32.1. The Bertz CT molecular complexity index is 116. The molecule has 1 unspecified atom stereocenters. The summed E-state index contributed by atoms with van der Waals surface area (Å²) in [6.07, 6.45) is 0. The second-order valence-electron chi connectivity index (χ2n) is 2.25. The van der Waals surface area contributed by atoms with Crippen LogP contribution in [0.2, 0.25) is 0 Å². The molecule has 10 heavy (non-hydrogen) atoms. The average Bonchev–Trinajstić information content (AvgIpc) is 1.59. The molecule has 1 atom stereocenters. The van der Waals surface area contributed by atoms with Crippen LogP contribution in [0.15, 0.2) is 0 Å². The van der Waals surface area contributed by atoms with Gasteiger partial charge in [-0.3, -0.25) is 0 Å². The van der Waals surface area contributed by atoms with Crippen LogP contribution in [0.3, 0.4) is 0 Å². The van der Waals surface area contributed by atoms with Gasteiger partial charge in [-0.2, -0.15) is 0 Å². The van der Waals surface area contributed by atoms with Crippen molar-refractivity contribution in [3.8, 4) is 0 Å². The second-order valence-corrected chi connectivity index (χ2v) is 3.20. The van der Waals surface area contributed by atoms with Crippen LogP contribution < -0.4 is 11.5 Å². The van der Waals surface area contributed by atoms with E-state index in [2.05, 4.69) is 12.6 Å². The maximum Gasteiger partial charge on any atom is 0.168 e. The first kappa shape index (κ1) is 10.0. The van der Waals surface area contributed by atoms with Crippen LogP contribution >= 0.6 is 24.8 Å². The van der Waals surface area contributed by atoms with E-state index in [0.29, 0.717) is 0 Å². The summed E-state index contributed by atoms with van der Waals surface area (Å²) in [5.74, 6) is 0. The molecule has 0 aliphatic carbocycles. The van der Waals surface area contributed by atoms with Crippen molar-refractivity contribution in [2.75, 3.05) is 0 Å². The van der Waals surface area contributed by atoms with Crippen LogP contribution in [0.25, 0.3) is 0 Å². The number of nitrogens with zero attached hydrogens (tertiary/aromatic N) is 1. The van der Waals surface area contributed by atoms with Crippen molar-refractivity contribution in [2.24, 2.45) is 11.5 Å². The largest absolute Gasteiger partial charge is 0.376 e. The third kappa shape index (κ3) is 2.72. The van der Waals surface area contributed by atoms with E-state index in [1.54, 1.807) is 4.90 Å². The van der Waals surface area contributed by atoms with Gasteiger partial charge in [0.25, 0.3) is 0 Å². The minimum Gasteiger partial charge on any atom is -0.376 e. The molecule has 0 saturated carbocycles. The summed E-state index contributed by atoms with van der Waals surface area (Å²) in [4.78, 5) is 1.65. The number of rotatable bonds is 2. The first-order chi connectivity index (χ1) is 4.46. The highest BCUT2D eigenvalue weighted by molar-refractivity contribution is 7.81. The fraction of sp³-hybridized carbons (Fsp3) is 0.800. The summed E-state index contributed by atoms with van der Waals surface area (Å²) in [5, 5.41) is 0.289. The van der Waals surface area contributed by atoms with Crippen LogP contribution in [0.4, 0.5) is 0 Å². The molecule has 0 bridgehead atoms. The van der Waals surface area contributed by atoms with E-state index in [1.165, 1.54) is 0 Å². The topological polar surface area (TPSA) is 55.3 Å². The van der Waals surface area contributed by atoms with E-state index in [1.807, 2.05) is 13.8 Å². The van der Waals surface area contributed by atoms with Crippen LogP contribution in [0.5, 0.6) is 0 Å². The van der Waals surface area contributed by atoms with Gasteiger partial charge in [0.2, 0.25) is 0 Å². The van der Waals surface area contributed by atoms with Crippen molar-refractivity contribution in [3.05, 3.63) is 0 Å². The number of nitrogens with two attached hydrogens (primary N) is 2. The van der Waals surface area contributed by atoms with Gasteiger partial charge in [0, 0.05) is 6.04 Å². The maximum atomic E-state index is 5.46. The minimum absolute atomic E-state index is 0.199. The van der Waals surface area contributed by atoms with Gasteiger partial charge < -0.3 is 16.4 Å². The molecule has 0 aromatic heterocycles. The Morgan fingerprint density at radius 3 is 2.00 bits per heavy atom. The number of hydrogen-bond acceptors (Lipinski definition) is 3. The lowest BCUT2D eigenvalue weighted by atomic mass is 10.3. The lowest BCUT2D eigenvalue weighted by Crippen LogP contribution is -2.49. The van der Waals surface area contributed by atoms with Crippen LogP contribution in [-0.4, -0.2) is 21.6 Å². The van der Waals surface area contributed by atoms with Gasteiger partial charge in [0.1, 0.15) is 5.50 Å². The average molecular weight is 179 g/mol. The molecule has 5 heteroatoms. The Kier molecular flexibility index (Phi) is 4.00. The van der Waals surface area contributed by atoms with Crippen molar-refractivity contribution < 1.29 is 0 Å². The molecule has 0 saturated heterocycles. The summed E-state index contributed by atoms with van der Waals surface area (Å²) in [6, 6.07) is 0.199. The van der Waals surface area contributed by atoms with Gasteiger partial charge in [0.05, 0.1) is 0 Å². The summed E-state index contributed by atoms with van der Waals surface area (Å²) in [7, 11) is 0. The van der Waals surface area contributed by atoms with E-state index in [9.17, 15) is 0 Å². The van der Waals surface area contributed by atoms with Gasteiger partial charge in [-0.25, -0.2) is 0 Å². The third-order valence-electron chi connectivity index (χ3n) is 1.10. The molecule has 60 valence electrons. The van der Waals surface area contributed by atoms with E-state index in [0.717, 1.165) is 0 Å². The molecule has 0 heterocycles. The zero-order chi connectivity index (χ0) is 8.31. The standard InChI is InChI=1S/C5H13N3S2/c1-3(2)8(4(6)9)5(7)10/h3-4,9H,6H2,1-2H3,(H2,7,10). The smallest absolute Gasteiger partial charge is 0.168 e. The summed E-state index contributed by atoms with van der Waals surface area (Å²) in [6.45, 7) is 3.91. The number of thiocarbonyl (C=S) groups is 1. The summed E-state index contributed by atoms with van der Waals surface area (Å²) >= 11 is 8.75. The van der Waals surface area contributed by atoms with Gasteiger partial charge in [-0.15, -0.1) is 12.6 Å². The molecule has 0 aromatic rings. The Labute approximate surface area is 72.2 Å². The molecule has 0 amide bonds. The SMILES string of the molecule is CC(C)N(C(N)=S)C(N)S. The van der Waals surface area contributed by atoms with Crippen molar-refractivity contribution in [3.63, 3.8) is 0 Å². The number of hydrogen-bond donors (Lipinski definition) is 3. The zero-order valence-corrected chi connectivity index (χ0v) is 7.82. The normalized spacial score (nSPS) is 13.3. The predicted octanol–water partition coefficient (Wildman–Crippen LogP) is 0.113. The Morgan fingerprint density at radius 2 is 2.00 bits per heavy atom. The van der Waals surface area contributed by atoms with Crippen LogP contribution in [0, 0.1) is 0 Å². The van der Waals surface area contributed by atoms with Gasteiger partial charge >= 0.3 is 0 Å². The van der Waals surface area contributed by atoms with E-state index in [-0.39, 0.29) is 11.2 Å². The quantitative estimate of drug-likeness (QED) is 0.320. The maximum absolute atomic E-state index is 5.46. The molecular formula is C5H13N3S2. The highest BCUT2D eigenvalue weighted by Crippen LogP contribution is 2.03. The monoisotopic (exact) mass is 179 g/mol. The Hall–Kier alpha value is -0.0000000000000000555. The number of thiol groups is 1. The lowest BCUT2D eigenvalue weighted by Gasteiger charge is -2.29. The summed E-state index contributed by atoms with van der Waals surface area (Å²) < 4.78 is 0. The van der Waals surface area contributed by atoms with Crippen molar-refractivity contribution in [1.82, 2.24) is 4.90 Å². The minimum atomic E-state index is -0.405. The highest BCUT2D eigenvalue weighted by Gasteiger charge is 2.14. The van der Waals surface area contributed by atoms with E-state index in [4.69, 9.17) is 23.7 Å². The molecular weight excluding hydrogens is 166 g/mol. The molecule has 3 nitrogen and oxygen atoms in total. The van der Waals surface area contributed by atoms with Gasteiger partial charge in [-0.05, 0) is 26.1 Å². The second kappa shape index (κ2) is 4.00. The molecule has 0 aromatic carbocycles. The van der Waals surface area contributed by atoms with E-state index >= 15 is 0 Å². The van der Waals surface area contributed by atoms with Crippen LogP contribution in [-0.2, 0) is 0 Å². The first-order valence-electron chi connectivity index (χ1n) is 2.98.